The third-order valence-electron chi connectivity index (χ3n) is 5.92. The molecule has 198 valence electrons. The number of amides is 2. The molecule has 0 spiro atoms. The highest BCUT2D eigenvalue weighted by Crippen LogP contribution is 2.30. The first-order chi connectivity index (χ1) is 17.6. The van der Waals surface area contributed by atoms with E-state index in [-0.39, 0.29) is 22.6 Å². The predicted octanol–water partition coefficient (Wildman–Crippen LogP) is 3.78. The molecule has 0 aliphatic carbocycles. The average Bonchev–Trinajstić information content (AvgIpc) is 3.32. The Morgan fingerprint density at radius 3 is 2.35 bits per heavy atom. The van der Waals surface area contributed by atoms with Crippen molar-refractivity contribution in [1.82, 2.24) is 19.1 Å². The van der Waals surface area contributed by atoms with Gasteiger partial charge in [0, 0.05) is 35.9 Å². The Bertz CT molecular complexity index is 1350. The molecule has 3 aromatic rings. The summed E-state index contributed by atoms with van der Waals surface area (Å²) in [5.41, 5.74) is 6.79. The minimum absolute atomic E-state index is 0.0138. The molecule has 0 saturated carbocycles. The molecule has 0 radical (unpaired) electrons. The molecule has 12 heteroatoms. The van der Waals surface area contributed by atoms with Crippen LogP contribution >= 0.6 is 11.8 Å². The van der Waals surface area contributed by atoms with Crippen LogP contribution < -0.4 is 11.1 Å². The molecule has 0 bridgehead atoms. The quantitative estimate of drug-likeness (QED) is 0.331. The number of hydrogen-bond acceptors (Lipinski definition) is 7. The van der Waals surface area contributed by atoms with Crippen molar-refractivity contribution in [3.8, 4) is 11.4 Å². The van der Waals surface area contributed by atoms with Gasteiger partial charge in [0.15, 0.2) is 11.0 Å². The topological polar surface area (TPSA) is 140 Å². The fourth-order valence-corrected chi connectivity index (χ4v) is 6.05. The van der Waals surface area contributed by atoms with Crippen LogP contribution in [0.15, 0.2) is 58.6 Å². The zero-order valence-electron chi connectivity index (χ0n) is 21.3. The SMILES string of the molecule is CCC(C)n1c(SCC(=O)Nc2ccc(C(N)=O)cc2)nnc1-c1cccc(S(=O)(=O)N(CC)CC)c1. The minimum Gasteiger partial charge on any atom is -0.366 e. The van der Waals surface area contributed by atoms with Crippen LogP contribution in [-0.4, -0.2) is 58.1 Å². The highest BCUT2D eigenvalue weighted by atomic mass is 32.2. The Labute approximate surface area is 221 Å². The zero-order chi connectivity index (χ0) is 27.2. The third-order valence-corrected chi connectivity index (χ3v) is 8.91. The minimum atomic E-state index is -3.63. The average molecular weight is 545 g/mol. The number of primary amides is 1. The number of rotatable bonds is 12. The van der Waals surface area contributed by atoms with Gasteiger partial charge in [-0.05, 0) is 49.7 Å². The highest BCUT2D eigenvalue weighted by molar-refractivity contribution is 7.99. The number of thioether (sulfide) groups is 1. The molecule has 0 aliphatic rings. The number of anilines is 1. The number of sulfonamides is 1. The predicted molar refractivity (Wildman–Crippen MR) is 145 cm³/mol. The van der Waals surface area contributed by atoms with Crippen molar-refractivity contribution in [2.75, 3.05) is 24.2 Å². The van der Waals surface area contributed by atoms with Crippen LogP contribution in [0.4, 0.5) is 5.69 Å². The van der Waals surface area contributed by atoms with E-state index < -0.39 is 15.9 Å². The van der Waals surface area contributed by atoms with Crippen molar-refractivity contribution < 1.29 is 18.0 Å². The summed E-state index contributed by atoms with van der Waals surface area (Å²) >= 11 is 1.24. The normalized spacial score (nSPS) is 12.5. The molecule has 1 heterocycles. The van der Waals surface area contributed by atoms with E-state index in [0.29, 0.717) is 40.9 Å². The first-order valence-electron chi connectivity index (χ1n) is 12.0. The van der Waals surface area contributed by atoms with Crippen molar-refractivity contribution in [3.05, 3.63) is 54.1 Å². The second kappa shape index (κ2) is 12.3. The second-order valence-corrected chi connectivity index (χ2v) is 11.2. The molecular weight excluding hydrogens is 512 g/mol. The van der Waals surface area contributed by atoms with Gasteiger partial charge in [0.05, 0.1) is 10.6 Å². The van der Waals surface area contributed by atoms with Crippen molar-refractivity contribution in [1.29, 1.82) is 0 Å². The maximum atomic E-state index is 13.0. The van der Waals surface area contributed by atoms with Crippen molar-refractivity contribution in [3.63, 3.8) is 0 Å². The van der Waals surface area contributed by atoms with Gasteiger partial charge in [-0.25, -0.2) is 8.42 Å². The number of nitrogens with one attached hydrogen (secondary N) is 1. The summed E-state index contributed by atoms with van der Waals surface area (Å²) in [5.74, 6) is -0.159. The molecule has 2 amide bonds. The van der Waals surface area contributed by atoms with E-state index >= 15 is 0 Å². The van der Waals surface area contributed by atoms with E-state index in [1.54, 1.807) is 62.4 Å². The molecule has 3 N–H and O–H groups in total. The number of benzene rings is 2. The lowest BCUT2D eigenvalue weighted by Gasteiger charge is -2.19. The van der Waals surface area contributed by atoms with Crippen molar-refractivity contribution >= 4 is 39.3 Å². The molecule has 1 aromatic heterocycles. The number of aromatic nitrogens is 3. The van der Waals surface area contributed by atoms with Gasteiger partial charge < -0.3 is 11.1 Å². The van der Waals surface area contributed by atoms with Gasteiger partial charge in [0.1, 0.15) is 0 Å². The molecule has 1 atom stereocenters. The Morgan fingerprint density at radius 2 is 1.76 bits per heavy atom. The fraction of sp³-hybridized carbons (Fsp3) is 0.360. The van der Waals surface area contributed by atoms with E-state index in [1.807, 2.05) is 18.4 Å². The fourth-order valence-electron chi connectivity index (χ4n) is 3.71. The lowest BCUT2D eigenvalue weighted by Crippen LogP contribution is -2.30. The molecule has 0 aliphatic heterocycles. The first kappa shape index (κ1) is 28.4. The summed E-state index contributed by atoms with van der Waals surface area (Å²) in [7, 11) is -3.63. The Hall–Kier alpha value is -3.22. The molecule has 10 nitrogen and oxygen atoms in total. The second-order valence-electron chi connectivity index (χ2n) is 8.33. The molecule has 0 fully saturated rings. The van der Waals surface area contributed by atoms with Gasteiger partial charge in [0.25, 0.3) is 0 Å². The number of carbonyl (C=O) groups is 2. The van der Waals surface area contributed by atoms with Crippen molar-refractivity contribution in [2.24, 2.45) is 5.73 Å². The zero-order valence-corrected chi connectivity index (χ0v) is 23.0. The van der Waals surface area contributed by atoms with E-state index in [9.17, 15) is 18.0 Å². The van der Waals surface area contributed by atoms with Crippen LogP contribution in [0.2, 0.25) is 0 Å². The Balaban J connectivity index is 1.83. The summed E-state index contributed by atoms with van der Waals surface area (Å²) in [6, 6.07) is 13.0. The van der Waals surface area contributed by atoms with Crippen LogP contribution in [0.5, 0.6) is 0 Å². The largest absolute Gasteiger partial charge is 0.366 e. The summed E-state index contributed by atoms with van der Waals surface area (Å²) < 4.78 is 29.4. The number of nitrogens with zero attached hydrogens (tertiary/aromatic N) is 4. The van der Waals surface area contributed by atoms with Gasteiger partial charge >= 0.3 is 0 Å². The van der Waals surface area contributed by atoms with Crippen LogP contribution in [0.25, 0.3) is 11.4 Å². The lowest BCUT2D eigenvalue weighted by molar-refractivity contribution is -0.113. The molecule has 2 aromatic carbocycles. The van der Waals surface area contributed by atoms with Crippen LogP contribution in [0.1, 0.15) is 50.5 Å². The first-order valence-corrected chi connectivity index (χ1v) is 14.4. The maximum Gasteiger partial charge on any atom is 0.248 e. The van der Waals surface area contributed by atoms with Gasteiger partial charge in [-0.15, -0.1) is 10.2 Å². The summed E-state index contributed by atoms with van der Waals surface area (Å²) in [5, 5.41) is 12.0. The summed E-state index contributed by atoms with van der Waals surface area (Å²) in [6.07, 6.45) is 0.786. The van der Waals surface area contributed by atoms with Crippen LogP contribution in [0, 0.1) is 0 Å². The summed E-state index contributed by atoms with van der Waals surface area (Å²) in [4.78, 5) is 24.0. The monoisotopic (exact) mass is 544 g/mol. The highest BCUT2D eigenvalue weighted by Gasteiger charge is 2.24. The van der Waals surface area contributed by atoms with E-state index in [2.05, 4.69) is 15.5 Å². The third kappa shape index (κ3) is 6.56. The maximum absolute atomic E-state index is 13.0. The molecule has 37 heavy (non-hydrogen) atoms. The van der Waals surface area contributed by atoms with E-state index in [0.717, 1.165) is 6.42 Å². The van der Waals surface area contributed by atoms with Crippen molar-refractivity contribution in [2.45, 2.75) is 50.2 Å². The Kier molecular flexibility index (Phi) is 9.46. The van der Waals surface area contributed by atoms with E-state index in [1.165, 1.54) is 16.1 Å². The smallest absolute Gasteiger partial charge is 0.248 e. The molecule has 3 rings (SSSR count). The van der Waals surface area contributed by atoms with Crippen LogP contribution in [0.3, 0.4) is 0 Å². The number of carbonyl (C=O) groups excluding carboxylic acids is 2. The molecule has 0 saturated heterocycles. The summed E-state index contributed by atoms with van der Waals surface area (Å²) in [6.45, 7) is 8.43. The lowest BCUT2D eigenvalue weighted by atomic mass is 10.2. The van der Waals surface area contributed by atoms with Gasteiger partial charge in [-0.3, -0.25) is 14.2 Å². The number of hydrogen-bond donors (Lipinski definition) is 2. The number of nitrogens with two attached hydrogens (primary N) is 1. The molecule has 1 unspecified atom stereocenters. The Morgan fingerprint density at radius 1 is 1.08 bits per heavy atom. The molecular formula is C25H32N6O4S2. The van der Waals surface area contributed by atoms with E-state index in [4.69, 9.17) is 5.73 Å². The standard InChI is InChI=1S/C25H32N6O4S2/c1-5-17(4)31-24(19-9-8-10-21(15-19)37(34,35)30(6-2)7-3)28-29-25(31)36-16-22(32)27-20-13-11-18(12-14-20)23(26)33/h8-15,17H,5-7,16H2,1-4H3,(H2,26,33)(H,27,32). The van der Waals surface area contributed by atoms with Gasteiger partial charge in [-0.1, -0.05) is 44.7 Å². The van der Waals surface area contributed by atoms with Gasteiger partial charge in [-0.2, -0.15) is 4.31 Å². The van der Waals surface area contributed by atoms with Crippen LogP contribution in [-0.2, 0) is 14.8 Å². The van der Waals surface area contributed by atoms with Gasteiger partial charge in [0.2, 0.25) is 21.8 Å².